The van der Waals surface area contributed by atoms with Crippen molar-refractivity contribution in [2.24, 2.45) is 0 Å². The van der Waals surface area contributed by atoms with Gasteiger partial charge in [-0.25, -0.2) is 4.79 Å². The van der Waals surface area contributed by atoms with E-state index in [9.17, 15) is 9.59 Å². The lowest BCUT2D eigenvalue weighted by Crippen LogP contribution is -2.29. The van der Waals surface area contributed by atoms with Crippen molar-refractivity contribution in [1.82, 2.24) is 10.6 Å². The Morgan fingerprint density at radius 1 is 1.44 bits per heavy atom. The first-order chi connectivity index (χ1) is 7.59. The van der Waals surface area contributed by atoms with Gasteiger partial charge in [-0.05, 0) is 6.07 Å². The smallest absolute Gasteiger partial charge is 0.336 e. The third kappa shape index (κ3) is 4.41. The van der Waals surface area contributed by atoms with E-state index >= 15 is 0 Å². The van der Waals surface area contributed by atoms with E-state index < -0.39 is 5.97 Å². The fourth-order valence-corrected chi connectivity index (χ4v) is 1.95. The van der Waals surface area contributed by atoms with Gasteiger partial charge in [0.2, 0.25) is 5.91 Å². The molecule has 5 nitrogen and oxygen atoms in total. The molecule has 3 N–H and O–H groups in total. The third-order valence-corrected chi connectivity index (χ3v) is 2.81. The predicted octanol–water partition coefficient (Wildman–Crippen LogP) is 0.672. The van der Waals surface area contributed by atoms with Crippen LogP contribution in [0.5, 0.6) is 0 Å². The van der Waals surface area contributed by atoms with Crippen LogP contribution in [0.4, 0.5) is 0 Å². The van der Waals surface area contributed by atoms with Crippen molar-refractivity contribution < 1.29 is 14.7 Å². The first kappa shape index (κ1) is 12.7. The van der Waals surface area contributed by atoms with E-state index in [0.717, 1.165) is 4.88 Å². The Morgan fingerprint density at radius 3 is 2.75 bits per heavy atom. The minimum Gasteiger partial charge on any atom is -0.478 e. The molecule has 0 atom stereocenters. The number of thiophene rings is 1. The molecule has 0 saturated heterocycles. The second-order valence-electron chi connectivity index (χ2n) is 3.27. The zero-order valence-corrected chi connectivity index (χ0v) is 9.76. The molecule has 6 heteroatoms. The second kappa shape index (κ2) is 6.24. The molecule has 88 valence electrons. The van der Waals surface area contributed by atoms with Crippen molar-refractivity contribution in [3.8, 4) is 0 Å². The summed E-state index contributed by atoms with van der Waals surface area (Å²) >= 11 is 1.41. The van der Waals surface area contributed by atoms with Crippen LogP contribution >= 0.6 is 11.3 Å². The zero-order valence-electron chi connectivity index (χ0n) is 8.95. The molecule has 0 radical (unpaired) electrons. The van der Waals surface area contributed by atoms with E-state index in [1.165, 1.54) is 18.3 Å². The summed E-state index contributed by atoms with van der Waals surface area (Å²) in [7, 11) is 0. The molecule has 0 fully saturated rings. The summed E-state index contributed by atoms with van der Waals surface area (Å²) in [5.41, 5.74) is 0.323. The fourth-order valence-electron chi connectivity index (χ4n) is 1.12. The summed E-state index contributed by atoms with van der Waals surface area (Å²) in [5, 5.41) is 16.1. The molecule has 0 spiro atoms. The minimum atomic E-state index is -0.902. The highest BCUT2D eigenvalue weighted by Crippen LogP contribution is 2.14. The number of hydrogen-bond acceptors (Lipinski definition) is 4. The van der Waals surface area contributed by atoms with Gasteiger partial charge in [-0.1, -0.05) is 0 Å². The van der Waals surface area contributed by atoms with Crippen LogP contribution in [0, 0.1) is 0 Å². The van der Waals surface area contributed by atoms with Crippen molar-refractivity contribution in [3.05, 3.63) is 21.9 Å². The summed E-state index contributed by atoms with van der Waals surface area (Å²) in [6.07, 6.45) is 0. The Morgan fingerprint density at radius 2 is 2.19 bits per heavy atom. The quantitative estimate of drug-likeness (QED) is 0.641. The van der Waals surface area contributed by atoms with E-state index in [1.807, 2.05) is 0 Å². The molecule has 1 aromatic rings. The number of nitrogens with one attached hydrogen (secondary N) is 2. The maximum Gasteiger partial charge on any atom is 0.336 e. The predicted molar refractivity (Wildman–Crippen MR) is 61.7 cm³/mol. The monoisotopic (exact) mass is 242 g/mol. The van der Waals surface area contributed by atoms with Gasteiger partial charge in [0.25, 0.3) is 0 Å². The molecule has 1 heterocycles. The van der Waals surface area contributed by atoms with Crippen LogP contribution in [0.3, 0.4) is 0 Å². The highest BCUT2D eigenvalue weighted by molar-refractivity contribution is 7.10. The average molecular weight is 242 g/mol. The standard InChI is InChI=1S/C10H14N2O3S/c1-7(13)12-3-2-11-5-9-4-8(6-16-9)10(14)15/h4,6,11H,2-3,5H2,1H3,(H,12,13)(H,14,15). The highest BCUT2D eigenvalue weighted by atomic mass is 32.1. The van der Waals surface area contributed by atoms with Gasteiger partial charge >= 0.3 is 5.97 Å². The molecule has 0 bridgehead atoms. The fraction of sp³-hybridized carbons (Fsp3) is 0.400. The van der Waals surface area contributed by atoms with Crippen LogP contribution in [0.2, 0.25) is 0 Å². The minimum absolute atomic E-state index is 0.0499. The lowest BCUT2D eigenvalue weighted by atomic mass is 10.3. The second-order valence-corrected chi connectivity index (χ2v) is 4.26. The van der Waals surface area contributed by atoms with Crippen LogP contribution in [0.25, 0.3) is 0 Å². The van der Waals surface area contributed by atoms with Crippen molar-refractivity contribution in [2.45, 2.75) is 13.5 Å². The summed E-state index contributed by atoms with van der Waals surface area (Å²) in [5.74, 6) is -0.952. The van der Waals surface area contributed by atoms with Crippen LogP contribution in [0.15, 0.2) is 11.4 Å². The molecule has 0 unspecified atom stereocenters. The first-order valence-corrected chi connectivity index (χ1v) is 5.73. The molecule has 0 aliphatic carbocycles. The van der Waals surface area contributed by atoms with Gasteiger partial charge in [0.1, 0.15) is 0 Å². The Bertz CT molecular complexity index is 376. The summed E-state index contributed by atoms with van der Waals surface area (Å²) in [4.78, 5) is 22.1. The molecule has 1 rings (SSSR count). The van der Waals surface area contributed by atoms with Gasteiger partial charge in [-0.15, -0.1) is 11.3 Å². The highest BCUT2D eigenvalue weighted by Gasteiger charge is 2.05. The summed E-state index contributed by atoms with van der Waals surface area (Å²) in [6, 6.07) is 1.65. The van der Waals surface area contributed by atoms with Crippen LogP contribution < -0.4 is 10.6 Å². The number of hydrogen-bond donors (Lipinski definition) is 3. The molecular formula is C10H14N2O3S. The maximum atomic E-state index is 10.6. The number of amides is 1. The molecule has 16 heavy (non-hydrogen) atoms. The molecule has 0 aromatic carbocycles. The van der Waals surface area contributed by atoms with Gasteiger partial charge < -0.3 is 15.7 Å². The van der Waals surface area contributed by atoms with E-state index in [4.69, 9.17) is 5.11 Å². The Labute approximate surface area is 97.5 Å². The number of carboxylic acids is 1. The van der Waals surface area contributed by atoms with Crippen molar-refractivity contribution in [1.29, 1.82) is 0 Å². The lowest BCUT2D eigenvalue weighted by Gasteiger charge is -2.03. The Hall–Kier alpha value is -1.40. The topological polar surface area (TPSA) is 78.4 Å². The SMILES string of the molecule is CC(=O)NCCNCc1cc(C(=O)O)cs1. The van der Waals surface area contributed by atoms with Crippen molar-refractivity contribution >= 4 is 23.2 Å². The van der Waals surface area contributed by atoms with E-state index in [1.54, 1.807) is 11.4 Å². The van der Waals surface area contributed by atoms with Gasteiger partial charge in [0, 0.05) is 36.8 Å². The van der Waals surface area contributed by atoms with E-state index in [0.29, 0.717) is 25.2 Å². The van der Waals surface area contributed by atoms with Gasteiger partial charge in [0.05, 0.1) is 5.56 Å². The molecular weight excluding hydrogens is 228 g/mol. The molecule has 0 saturated carbocycles. The zero-order chi connectivity index (χ0) is 12.0. The van der Waals surface area contributed by atoms with Crippen LogP contribution in [0.1, 0.15) is 22.2 Å². The van der Waals surface area contributed by atoms with E-state index in [2.05, 4.69) is 10.6 Å². The number of rotatable bonds is 6. The Kier molecular flexibility index (Phi) is 4.94. The Balaban J connectivity index is 2.21. The van der Waals surface area contributed by atoms with Crippen LogP contribution in [-0.2, 0) is 11.3 Å². The average Bonchev–Trinajstić information content (AvgIpc) is 2.65. The van der Waals surface area contributed by atoms with Gasteiger partial charge in [0.15, 0.2) is 0 Å². The van der Waals surface area contributed by atoms with Gasteiger partial charge in [-0.3, -0.25) is 4.79 Å². The lowest BCUT2D eigenvalue weighted by molar-refractivity contribution is -0.118. The number of carboxylic acid groups (broad SMARTS) is 1. The number of carbonyl (C=O) groups excluding carboxylic acids is 1. The normalized spacial score (nSPS) is 10.1. The van der Waals surface area contributed by atoms with Gasteiger partial charge in [-0.2, -0.15) is 0 Å². The summed E-state index contributed by atoms with van der Waals surface area (Å²) < 4.78 is 0. The van der Waals surface area contributed by atoms with Crippen molar-refractivity contribution in [2.75, 3.05) is 13.1 Å². The maximum absolute atomic E-state index is 10.6. The third-order valence-electron chi connectivity index (χ3n) is 1.88. The first-order valence-electron chi connectivity index (χ1n) is 4.85. The number of aromatic carboxylic acids is 1. The molecule has 0 aliphatic rings. The summed E-state index contributed by atoms with van der Waals surface area (Å²) in [6.45, 7) is 3.34. The molecule has 0 aliphatic heterocycles. The van der Waals surface area contributed by atoms with E-state index in [-0.39, 0.29) is 5.91 Å². The number of carbonyl (C=O) groups is 2. The van der Waals surface area contributed by atoms with Crippen molar-refractivity contribution in [3.63, 3.8) is 0 Å². The molecule has 1 aromatic heterocycles. The molecule has 1 amide bonds. The van der Waals surface area contributed by atoms with Crippen LogP contribution in [-0.4, -0.2) is 30.1 Å². The largest absolute Gasteiger partial charge is 0.478 e.